The highest BCUT2D eigenvalue weighted by atomic mass is 16.6. The van der Waals surface area contributed by atoms with Gasteiger partial charge in [0.25, 0.3) is 6.04 Å². The number of unbranched alkanes of at least 4 members (excludes halogenated alkanes) is 6. The van der Waals surface area contributed by atoms with Crippen LogP contribution in [0.5, 0.6) is 0 Å². The smallest absolute Gasteiger partial charge is 0.267 e. The fourth-order valence-electron chi connectivity index (χ4n) is 1.53. The van der Waals surface area contributed by atoms with Crippen LogP contribution in [0.2, 0.25) is 0 Å². The molecule has 0 aliphatic rings. The molecule has 1 unspecified atom stereocenters. The Morgan fingerprint density at radius 1 is 1.13 bits per heavy atom. The first-order chi connectivity index (χ1) is 7.22. The van der Waals surface area contributed by atoms with E-state index in [0.29, 0.717) is 12.7 Å². The normalized spacial score (nSPS) is 12.3. The zero-order valence-electron chi connectivity index (χ0n) is 9.48. The third kappa shape index (κ3) is 8.09. The van der Waals surface area contributed by atoms with Gasteiger partial charge in [-0.05, 0) is 6.42 Å². The third-order valence-electron chi connectivity index (χ3n) is 2.53. The molecule has 0 rings (SSSR count). The van der Waals surface area contributed by atoms with Crippen LogP contribution in [0.15, 0.2) is 0 Å². The quantitative estimate of drug-likeness (QED) is 0.243. The van der Waals surface area contributed by atoms with Crippen LogP contribution in [0, 0.1) is 10.1 Å². The van der Waals surface area contributed by atoms with Crippen molar-refractivity contribution in [2.24, 2.45) is 0 Å². The van der Waals surface area contributed by atoms with Crippen LogP contribution in [0.4, 0.5) is 0 Å². The minimum atomic E-state index is -0.986. The molecule has 0 aliphatic carbocycles. The molecule has 4 heteroatoms. The predicted octanol–water partition coefficient (Wildman–Crippen LogP) is 2.97. The van der Waals surface area contributed by atoms with Crippen molar-refractivity contribution in [3.05, 3.63) is 10.1 Å². The fourth-order valence-corrected chi connectivity index (χ4v) is 1.53. The monoisotopic (exact) mass is 215 g/mol. The van der Waals surface area contributed by atoms with Gasteiger partial charge in [-0.2, -0.15) is 0 Å². The highest BCUT2D eigenvalue weighted by molar-refractivity contribution is 5.55. The Balaban J connectivity index is 3.29. The molecule has 0 fully saturated rings. The highest BCUT2D eigenvalue weighted by Crippen LogP contribution is 2.10. The molecule has 1 atom stereocenters. The first-order valence-electron chi connectivity index (χ1n) is 5.81. The van der Waals surface area contributed by atoms with Gasteiger partial charge in [0.05, 0.1) is 0 Å². The molecule has 0 saturated heterocycles. The fraction of sp³-hybridized carbons (Fsp3) is 0.909. The summed E-state index contributed by atoms with van der Waals surface area (Å²) >= 11 is 0. The molecule has 0 N–H and O–H groups in total. The van der Waals surface area contributed by atoms with Gasteiger partial charge in [0, 0.05) is 11.3 Å². The maximum atomic E-state index is 10.3. The third-order valence-corrected chi connectivity index (χ3v) is 2.53. The van der Waals surface area contributed by atoms with Crippen molar-refractivity contribution in [3.8, 4) is 0 Å². The lowest BCUT2D eigenvalue weighted by Crippen LogP contribution is -2.20. The molecular formula is C11H21NO3. The molecule has 0 bridgehead atoms. The van der Waals surface area contributed by atoms with Crippen LogP contribution in [-0.4, -0.2) is 17.3 Å². The van der Waals surface area contributed by atoms with Crippen LogP contribution >= 0.6 is 0 Å². The predicted molar refractivity (Wildman–Crippen MR) is 59.5 cm³/mol. The second-order valence-corrected chi connectivity index (χ2v) is 3.90. The van der Waals surface area contributed by atoms with Gasteiger partial charge in [0.2, 0.25) is 0 Å². The molecule has 0 spiro atoms. The van der Waals surface area contributed by atoms with Gasteiger partial charge in [0.15, 0.2) is 6.29 Å². The number of carbonyl (C=O) groups is 1. The first-order valence-corrected chi connectivity index (χ1v) is 5.81. The second-order valence-electron chi connectivity index (χ2n) is 3.90. The van der Waals surface area contributed by atoms with Gasteiger partial charge < -0.3 is 0 Å². The molecule has 0 saturated carbocycles. The number of hydrogen-bond acceptors (Lipinski definition) is 3. The Bertz CT molecular complexity index is 183. The molecule has 15 heavy (non-hydrogen) atoms. The maximum Gasteiger partial charge on any atom is 0.267 e. The maximum absolute atomic E-state index is 10.3. The second kappa shape index (κ2) is 9.62. The average molecular weight is 215 g/mol. The van der Waals surface area contributed by atoms with Gasteiger partial charge in [-0.1, -0.05) is 45.4 Å². The van der Waals surface area contributed by atoms with Crippen molar-refractivity contribution >= 4 is 6.29 Å². The van der Waals surface area contributed by atoms with Crippen molar-refractivity contribution in [2.75, 3.05) is 0 Å². The minimum absolute atomic E-state index is 0.393. The van der Waals surface area contributed by atoms with E-state index in [4.69, 9.17) is 0 Å². The molecular weight excluding hydrogens is 194 g/mol. The summed E-state index contributed by atoms with van der Waals surface area (Å²) in [5, 5.41) is 10.3. The largest absolute Gasteiger partial charge is 0.296 e. The summed E-state index contributed by atoms with van der Waals surface area (Å²) in [5.74, 6) is 0. The van der Waals surface area contributed by atoms with E-state index in [-0.39, 0.29) is 0 Å². The summed E-state index contributed by atoms with van der Waals surface area (Å²) in [5.41, 5.74) is 0. The Morgan fingerprint density at radius 2 is 1.67 bits per heavy atom. The number of rotatable bonds is 10. The Morgan fingerprint density at radius 3 is 2.13 bits per heavy atom. The van der Waals surface area contributed by atoms with Crippen LogP contribution in [-0.2, 0) is 4.79 Å². The van der Waals surface area contributed by atoms with E-state index in [2.05, 4.69) is 6.92 Å². The van der Waals surface area contributed by atoms with Crippen molar-refractivity contribution in [1.29, 1.82) is 0 Å². The number of carbonyl (C=O) groups excluding carboxylic acids is 1. The van der Waals surface area contributed by atoms with Crippen molar-refractivity contribution in [2.45, 2.75) is 64.3 Å². The zero-order valence-corrected chi connectivity index (χ0v) is 9.48. The van der Waals surface area contributed by atoms with E-state index >= 15 is 0 Å². The van der Waals surface area contributed by atoms with E-state index in [9.17, 15) is 14.9 Å². The average Bonchev–Trinajstić information content (AvgIpc) is 2.21. The lowest BCUT2D eigenvalue weighted by Gasteiger charge is -2.02. The number of nitrogens with zero attached hydrogens (tertiary/aromatic N) is 1. The Hall–Kier alpha value is -0.930. The van der Waals surface area contributed by atoms with E-state index in [1.54, 1.807) is 0 Å². The van der Waals surface area contributed by atoms with Crippen LogP contribution in [0.3, 0.4) is 0 Å². The molecule has 0 amide bonds. The lowest BCUT2D eigenvalue weighted by molar-refractivity contribution is -0.506. The van der Waals surface area contributed by atoms with Crippen molar-refractivity contribution < 1.29 is 9.72 Å². The molecule has 0 radical (unpaired) electrons. The van der Waals surface area contributed by atoms with E-state index in [0.717, 1.165) is 19.3 Å². The summed E-state index contributed by atoms with van der Waals surface area (Å²) < 4.78 is 0. The number of hydrogen-bond donors (Lipinski definition) is 0. The van der Waals surface area contributed by atoms with Crippen molar-refractivity contribution in [3.63, 3.8) is 0 Å². The summed E-state index contributed by atoms with van der Waals surface area (Å²) in [6, 6.07) is -0.986. The minimum Gasteiger partial charge on any atom is -0.296 e. The zero-order chi connectivity index (χ0) is 11.5. The van der Waals surface area contributed by atoms with E-state index in [1.165, 1.54) is 25.7 Å². The molecule has 0 aromatic carbocycles. The Labute approximate surface area is 91.2 Å². The topological polar surface area (TPSA) is 60.2 Å². The number of nitro groups is 1. The summed E-state index contributed by atoms with van der Waals surface area (Å²) in [6.45, 7) is 2.17. The molecule has 0 aromatic rings. The number of aldehydes is 1. The van der Waals surface area contributed by atoms with Gasteiger partial charge in [0.1, 0.15) is 0 Å². The molecule has 0 aliphatic heterocycles. The van der Waals surface area contributed by atoms with Gasteiger partial charge in [-0.25, -0.2) is 0 Å². The SMILES string of the molecule is CCCCCCCCCC(C=O)[N+](=O)[O-]. The molecule has 0 heterocycles. The van der Waals surface area contributed by atoms with E-state index < -0.39 is 11.0 Å². The van der Waals surface area contributed by atoms with E-state index in [1.807, 2.05) is 0 Å². The lowest BCUT2D eigenvalue weighted by atomic mass is 10.1. The molecule has 4 nitrogen and oxygen atoms in total. The summed E-state index contributed by atoms with van der Waals surface area (Å²) in [4.78, 5) is 20.1. The first kappa shape index (κ1) is 14.1. The van der Waals surface area contributed by atoms with Crippen LogP contribution < -0.4 is 0 Å². The summed E-state index contributed by atoms with van der Waals surface area (Å²) in [7, 11) is 0. The molecule has 0 aromatic heterocycles. The van der Waals surface area contributed by atoms with Gasteiger partial charge in [-0.15, -0.1) is 0 Å². The molecule has 88 valence electrons. The van der Waals surface area contributed by atoms with Gasteiger partial charge >= 0.3 is 0 Å². The summed E-state index contributed by atoms with van der Waals surface area (Å²) in [6.07, 6.45) is 8.71. The standard InChI is InChI=1S/C11H21NO3/c1-2-3-4-5-6-7-8-9-11(10-13)12(14)15/h10-11H,2-9H2,1H3. The highest BCUT2D eigenvalue weighted by Gasteiger charge is 2.17. The van der Waals surface area contributed by atoms with Crippen LogP contribution in [0.25, 0.3) is 0 Å². The Kier molecular flexibility index (Phi) is 9.02. The van der Waals surface area contributed by atoms with Crippen molar-refractivity contribution in [1.82, 2.24) is 0 Å². The van der Waals surface area contributed by atoms with Crippen LogP contribution in [0.1, 0.15) is 58.3 Å². The van der Waals surface area contributed by atoms with Gasteiger partial charge in [-0.3, -0.25) is 14.9 Å².